The van der Waals surface area contributed by atoms with E-state index in [1.165, 1.54) is 5.56 Å². The van der Waals surface area contributed by atoms with Gasteiger partial charge >= 0.3 is 5.97 Å². The van der Waals surface area contributed by atoms with Gasteiger partial charge in [-0.1, -0.05) is 218 Å². The number of esters is 1. The summed E-state index contributed by atoms with van der Waals surface area (Å²) in [5.41, 5.74) is 11.3. The fourth-order valence-electron chi connectivity index (χ4n) is 9.56. The number of benzene rings is 8. The lowest BCUT2D eigenvalue weighted by Gasteiger charge is -2.27. The molecule has 12 nitrogen and oxygen atoms in total. The molecule has 0 fully saturated rings. The minimum atomic E-state index is -1.00. The maximum absolute atomic E-state index is 15.2. The molecule has 0 aliphatic carbocycles. The lowest BCUT2D eigenvalue weighted by atomic mass is 9.97. The van der Waals surface area contributed by atoms with Crippen LogP contribution in [-0.2, 0) is 80.7 Å². The third-order valence-electron chi connectivity index (χ3n) is 14.3. The van der Waals surface area contributed by atoms with E-state index in [0.29, 0.717) is 49.9 Å². The summed E-state index contributed by atoms with van der Waals surface area (Å²) in [6.07, 6.45) is 3.05. The highest BCUT2D eigenvalue weighted by atomic mass is 16.5. The van der Waals surface area contributed by atoms with Gasteiger partial charge in [0.05, 0.1) is 12.6 Å². The van der Waals surface area contributed by atoms with Crippen LogP contribution in [0.15, 0.2) is 256 Å². The highest BCUT2D eigenvalue weighted by Gasteiger charge is 2.28. The minimum absolute atomic E-state index is 0.0464. The van der Waals surface area contributed by atoms with E-state index in [1.54, 1.807) is 0 Å². The number of carbonyl (C=O) groups is 3. The average Bonchev–Trinajstić information content (AvgIpc) is 3.68. The van der Waals surface area contributed by atoms with Gasteiger partial charge in [0.15, 0.2) is 11.8 Å². The summed E-state index contributed by atoms with van der Waals surface area (Å²) >= 11 is 0. The summed E-state index contributed by atoms with van der Waals surface area (Å²) in [6, 6.07) is 69.0. The quantitative estimate of drug-likeness (QED) is 0.0150. The Morgan fingerprint density at radius 1 is 0.447 bits per heavy atom. The van der Waals surface area contributed by atoms with Gasteiger partial charge in [0.25, 0.3) is 0 Å². The van der Waals surface area contributed by atoms with E-state index in [4.69, 9.17) is 18.9 Å². The Hall–Kier alpha value is -9.81. The van der Waals surface area contributed by atoms with Crippen LogP contribution in [0, 0.1) is 6.92 Å². The summed E-state index contributed by atoms with van der Waals surface area (Å²) in [4.78, 5) is 43.2. The molecular formula is C73H77N5O7. The van der Waals surface area contributed by atoms with Crippen molar-refractivity contribution in [1.82, 2.24) is 26.6 Å². The van der Waals surface area contributed by atoms with E-state index in [9.17, 15) is 9.59 Å². The van der Waals surface area contributed by atoms with Crippen LogP contribution in [0.1, 0.15) is 62.9 Å². The van der Waals surface area contributed by atoms with Crippen molar-refractivity contribution in [3.05, 3.63) is 306 Å². The van der Waals surface area contributed by atoms with Crippen LogP contribution in [0.3, 0.4) is 0 Å². The van der Waals surface area contributed by atoms with Crippen LogP contribution in [0.5, 0.6) is 5.75 Å². The number of carbonyl (C=O) groups excluding carboxylic acids is 3. The number of ether oxygens (including phenoxy) is 4. The Bertz CT molecular complexity index is 3400. The molecule has 8 aromatic rings. The van der Waals surface area contributed by atoms with Crippen LogP contribution < -0.4 is 31.3 Å². The monoisotopic (exact) mass is 1140 g/mol. The van der Waals surface area contributed by atoms with Crippen LogP contribution in [0.4, 0.5) is 0 Å². The normalized spacial score (nSPS) is 11.8. The van der Waals surface area contributed by atoms with Crippen molar-refractivity contribution in [2.75, 3.05) is 13.1 Å². The Morgan fingerprint density at radius 2 is 0.965 bits per heavy atom. The lowest BCUT2D eigenvalue weighted by Crippen LogP contribution is -2.51. The molecular weight excluding hydrogens is 1060 g/mol. The number of hydrogen-bond donors (Lipinski definition) is 5. The molecule has 12 heteroatoms. The van der Waals surface area contributed by atoms with Gasteiger partial charge in [-0.15, -0.1) is 0 Å². The number of amides is 2. The van der Waals surface area contributed by atoms with Crippen molar-refractivity contribution in [3.63, 3.8) is 0 Å². The fraction of sp³-hybridized carbons (Fsp3) is 0.219. The molecule has 0 aliphatic rings. The molecule has 8 rings (SSSR count). The second-order valence-corrected chi connectivity index (χ2v) is 21.0. The van der Waals surface area contributed by atoms with Crippen molar-refractivity contribution < 1.29 is 33.3 Å². The van der Waals surface area contributed by atoms with E-state index in [1.807, 2.05) is 170 Å². The number of rotatable bonds is 34. The van der Waals surface area contributed by atoms with E-state index < -0.39 is 30.0 Å². The second-order valence-electron chi connectivity index (χ2n) is 21.0. The zero-order chi connectivity index (χ0) is 59.4. The standard InChI is InChI=1S/C73H77N5O7/c1-53-22-20-33-64(44-53)65-41-42-70(84-51-62-29-16-8-17-30-62)66(46-65)47-68(76-56(4)83-50-61-27-14-7-15-28-61)72(80)78-67(34-21-43-74-55(3)82-49-60-25-12-6-13-26-60)54(2)75-48-71(79)77-69(73(81)85-52-63-31-18-9-19-32-63)45-59-39-37-58(38-40-59)36-35-57-23-10-5-11-24-57/h5-20,22-33,37-42,44,46,67-69,74-76H,2-4,21,34-36,43,45,47-52H2,1H3,(H,77,79)(H,78,80)/t67-,68-,69-/m0/s1. The smallest absolute Gasteiger partial charge is 0.329 e. The molecule has 0 saturated carbocycles. The fourth-order valence-corrected chi connectivity index (χ4v) is 9.56. The molecule has 2 amide bonds. The van der Waals surface area contributed by atoms with E-state index >= 15 is 4.79 Å². The molecule has 3 atom stereocenters. The summed E-state index contributed by atoms with van der Waals surface area (Å²) in [5.74, 6) is -0.197. The summed E-state index contributed by atoms with van der Waals surface area (Å²) < 4.78 is 24.4. The van der Waals surface area contributed by atoms with E-state index in [0.717, 1.165) is 68.5 Å². The van der Waals surface area contributed by atoms with Crippen LogP contribution in [-0.4, -0.2) is 49.0 Å². The van der Waals surface area contributed by atoms with Gasteiger partial charge in [0, 0.05) is 25.1 Å². The highest BCUT2D eigenvalue weighted by molar-refractivity contribution is 5.86. The van der Waals surface area contributed by atoms with Crippen LogP contribution in [0.25, 0.3) is 11.1 Å². The molecule has 85 heavy (non-hydrogen) atoms. The Balaban J connectivity index is 1.00. The van der Waals surface area contributed by atoms with Gasteiger partial charge in [-0.2, -0.15) is 0 Å². The summed E-state index contributed by atoms with van der Waals surface area (Å²) in [6.45, 7) is 15.9. The molecule has 0 saturated heterocycles. The highest BCUT2D eigenvalue weighted by Crippen LogP contribution is 2.30. The first-order valence-corrected chi connectivity index (χ1v) is 28.9. The van der Waals surface area contributed by atoms with Crippen molar-refractivity contribution >= 4 is 17.8 Å². The van der Waals surface area contributed by atoms with Crippen LogP contribution >= 0.6 is 0 Å². The molecule has 0 aliphatic heterocycles. The number of nitrogens with one attached hydrogen (secondary N) is 5. The largest absolute Gasteiger partial charge is 0.489 e. The predicted molar refractivity (Wildman–Crippen MR) is 337 cm³/mol. The van der Waals surface area contributed by atoms with Gasteiger partial charge in [-0.05, 0) is 114 Å². The zero-order valence-corrected chi connectivity index (χ0v) is 48.5. The lowest BCUT2D eigenvalue weighted by molar-refractivity contribution is -0.149. The summed E-state index contributed by atoms with van der Waals surface area (Å²) in [7, 11) is 0. The average molecular weight is 1140 g/mol. The van der Waals surface area contributed by atoms with E-state index in [2.05, 4.69) is 102 Å². The van der Waals surface area contributed by atoms with Crippen molar-refractivity contribution in [1.29, 1.82) is 0 Å². The molecule has 0 heterocycles. The SMILES string of the molecule is C=C(NCCC[C@H](NC(=O)[C@H](Cc1cc(-c2cccc(C)c2)ccc1OCc1ccccc1)NC(=C)OCc1ccccc1)C(=C)NCC(=O)N[C@@H](Cc1ccc(CCc2ccccc2)cc1)C(=O)OCc1ccccc1)OCc1ccccc1. The maximum Gasteiger partial charge on any atom is 0.329 e. The van der Waals surface area contributed by atoms with Crippen molar-refractivity contribution in [3.8, 4) is 16.9 Å². The molecule has 0 bridgehead atoms. The predicted octanol–water partition coefficient (Wildman–Crippen LogP) is 12.3. The Labute approximate surface area is 501 Å². The van der Waals surface area contributed by atoms with Crippen molar-refractivity contribution in [2.24, 2.45) is 0 Å². The van der Waals surface area contributed by atoms with Gasteiger partial charge in [0.1, 0.15) is 44.3 Å². The minimum Gasteiger partial charge on any atom is -0.489 e. The topological polar surface area (TPSA) is 148 Å². The van der Waals surface area contributed by atoms with Gasteiger partial charge in [-0.25, -0.2) is 4.79 Å². The number of aryl methyl sites for hydroxylation is 3. The molecule has 0 aromatic heterocycles. The summed E-state index contributed by atoms with van der Waals surface area (Å²) in [5, 5.41) is 16.0. The van der Waals surface area contributed by atoms with Crippen molar-refractivity contribution in [2.45, 2.75) is 90.0 Å². The zero-order valence-electron chi connectivity index (χ0n) is 48.5. The Kier molecular flexibility index (Phi) is 23.6. The maximum atomic E-state index is 15.2. The number of hydrogen-bond acceptors (Lipinski definition) is 10. The van der Waals surface area contributed by atoms with Gasteiger partial charge in [0.2, 0.25) is 11.8 Å². The first-order chi connectivity index (χ1) is 41.5. The molecule has 436 valence electrons. The molecule has 5 N–H and O–H groups in total. The van der Waals surface area contributed by atoms with E-state index in [-0.39, 0.29) is 44.4 Å². The third-order valence-corrected chi connectivity index (χ3v) is 14.3. The third kappa shape index (κ3) is 20.8. The molecule has 8 aromatic carbocycles. The molecule has 0 spiro atoms. The molecule has 0 unspecified atom stereocenters. The Morgan fingerprint density at radius 3 is 1.55 bits per heavy atom. The van der Waals surface area contributed by atoms with Gasteiger partial charge in [-0.3, -0.25) is 9.59 Å². The first-order valence-electron chi connectivity index (χ1n) is 28.9. The van der Waals surface area contributed by atoms with Gasteiger partial charge < -0.3 is 45.5 Å². The first kappa shape index (κ1) is 61.3. The second kappa shape index (κ2) is 32.7. The van der Waals surface area contributed by atoms with Crippen LogP contribution in [0.2, 0.25) is 0 Å². The molecule has 0 radical (unpaired) electrons.